The highest BCUT2D eigenvalue weighted by molar-refractivity contribution is 6.30. The van der Waals surface area contributed by atoms with E-state index in [1.807, 2.05) is 13.8 Å². The SMILES string of the molecule is CCNC(C)C(CC)c1ccc(Cl)cc1[N+](=O)[O-]. The second-order valence-corrected chi connectivity index (χ2v) is 4.76. The van der Waals surface area contributed by atoms with Gasteiger partial charge in [-0.05, 0) is 26.0 Å². The summed E-state index contributed by atoms with van der Waals surface area (Å²) < 4.78 is 0. The smallest absolute Gasteiger partial charge is 0.274 e. The van der Waals surface area contributed by atoms with Crippen molar-refractivity contribution in [2.45, 2.75) is 39.2 Å². The van der Waals surface area contributed by atoms with Gasteiger partial charge in [-0.15, -0.1) is 0 Å². The second kappa shape index (κ2) is 6.71. The van der Waals surface area contributed by atoms with Crippen molar-refractivity contribution in [3.05, 3.63) is 38.9 Å². The van der Waals surface area contributed by atoms with Crippen LogP contribution in [0, 0.1) is 10.1 Å². The van der Waals surface area contributed by atoms with Gasteiger partial charge in [-0.25, -0.2) is 0 Å². The molecule has 2 unspecified atom stereocenters. The average Bonchev–Trinajstić information content (AvgIpc) is 2.32. The fourth-order valence-electron chi connectivity index (χ4n) is 2.30. The van der Waals surface area contributed by atoms with Crippen molar-refractivity contribution in [1.29, 1.82) is 0 Å². The minimum Gasteiger partial charge on any atom is -0.314 e. The summed E-state index contributed by atoms with van der Waals surface area (Å²) in [5, 5.41) is 14.8. The lowest BCUT2D eigenvalue weighted by atomic mass is 9.89. The Kier molecular flexibility index (Phi) is 5.56. The molecule has 0 saturated carbocycles. The molecule has 0 aromatic heterocycles. The molecule has 0 aliphatic rings. The van der Waals surface area contributed by atoms with Crippen molar-refractivity contribution < 1.29 is 4.92 Å². The maximum atomic E-state index is 11.1. The third-order valence-electron chi connectivity index (χ3n) is 3.16. The molecule has 4 nitrogen and oxygen atoms in total. The Balaban J connectivity index is 3.16. The number of nitrogens with one attached hydrogen (secondary N) is 1. The maximum absolute atomic E-state index is 11.1. The van der Waals surface area contributed by atoms with E-state index in [0.717, 1.165) is 18.5 Å². The lowest BCUT2D eigenvalue weighted by Gasteiger charge is -2.23. The molecule has 0 amide bonds. The number of hydrogen-bond donors (Lipinski definition) is 1. The first-order chi connectivity index (χ1) is 8.51. The van der Waals surface area contributed by atoms with Gasteiger partial charge < -0.3 is 5.32 Å². The van der Waals surface area contributed by atoms with Gasteiger partial charge >= 0.3 is 0 Å². The fourth-order valence-corrected chi connectivity index (χ4v) is 2.46. The summed E-state index contributed by atoms with van der Waals surface area (Å²) in [6.07, 6.45) is 0.844. The van der Waals surface area contributed by atoms with Gasteiger partial charge in [0, 0.05) is 28.6 Å². The van der Waals surface area contributed by atoms with E-state index in [1.54, 1.807) is 12.1 Å². The van der Waals surface area contributed by atoms with Crippen molar-refractivity contribution in [2.75, 3.05) is 6.54 Å². The molecule has 0 aliphatic heterocycles. The summed E-state index contributed by atoms with van der Waals surface area (Å²) in [6, 6.07) is 5.10. The van der Waals surface area contributed by atoms with Crippen LogP contribution in [0.2, 0.25) is 5.02 Å². The molecule has 0 aliphatic carbocycles. The molecular formula is C13H19ClN2O2. The quantitative estimate of drug-likeness (QED) is 0.633. The van der Waals surface area contributed by atoms with Gasteiger partial charge in [0.2, 0.25) is 0 Å². The molecule has 5 heteroatoms. The zero-order chi connectivity index (χ0) is 13.7. The van der Waals surface area contributed by atoms with Crippen molar-refractivity contribution >= 4 is 17.3 Å². The van der Waals surface area contributed by atoms with Crippen molar-refractivity contribution in [3.63, 3.8) is 0 Å². The van der Waals surface area contributed by atoms with Gasteiger partial charge in [0.05, 0.1) is 4.92 Å². The van der Waals surface area contributed by atoms with E-state index in [0.29, 0.717) is 5.02 Å². The van der Waals surface area contributed by atoms with Crippen molar-refractivity contribution in [1.82, 2.24) is 5.32 Å². The Morgan fingerprint density at radius 1 is 1.44 bits per heavy atom. The summed E-state index contributed by atoms with van der Waals surface area (Å²) >= 11 is 5.83. The molecule has 1 aromatic carbocycles. The van der Waals surface area contributed by atoms with Crippen LogP contribution < -0.4 is 5.32 Å². The van der Waals surface area contributed by atoms with Gasteiger partial charge in [-0.3, -0.25) is 10.1 Å². The minimum atomic E-state index is -0.359. The summed E-state index contributed by atoms with van der Waals surface area (Å²) in [7, 11) is 0. The lowest BCUT2D eigenvalue weighted by Crippen LogP contribution is -2.32. The molecule has 2 atom stereocenters. The molecule has 0 saturated heterocycles. The van der Waals surface area contributed by atoms with Crippen LogP contribution in [0.25, 0.3) is 0 Å². The van der Waals surface area contributed by atoms with Crippen LogP contribution in [-0.4, -0.2) is 17.5 Å². The Bertz CT molecular complexity index is 423. The van der Waals surface area contributed by atoms with E-state index in [4.69, 9.17) is 11.6 Å². The number of rotatable bonds is 6. The Hall–Kier alpha value is -1.13. The Labute approximate surface area is 112 Å². The van der Waals surface area contributed by atoms with E-state index in [1.165, 1.54) is 6.07 Å². The van der Waals surface area contributed by atoms with E-state index in [2.05, 4.69) is 12.2 Å². The van der Waals surface area contributed by atoms with Gasteiger partial charge in [0.25, 0.3) is 5.69 Å². The van der Waals surface area contributed by atoms with Crippen LogP contribution in [0.5, 0.6) is 0 Å². The molecule has 1 rings (SSSR count). The first-order valence-electron chi connectivity index (χ1n) is 6.18. The highest BCUT2D eigenvalue weighted by Crippen LogP contribution is 2.33. The fraction of sp³-hybridized carbons (Fsp3) is 0.538. The molecule has 0 bridgehead atoms. The topological polar surface area (TPSA) is 55.2 Å². The summed E-state index contributed by atoms with van der Waals surface area (Å²) in [5.41, 5.74) is 0.861. The first kappa shape index (κ1) is 14.9. The van der Waals surface area contributed by atoms with Crippen molar-refractivity contribution in [3.8, 4) is 0 Å². The largest absolute Gasteiger partial charge is 0.314 e. The number of nitro groups is 1. The Morgan fingerprint density at radius 3 is 2.61 bits per heavy atom. The second-order valence-electron chi connectivity index (χ2n) is 4.32. The monoisotopic (exact) mass is 270 g/mol. The van der Waals surface area contributed by atoms with Gasteiger partial charge in [-0.1, -0.05) is 31.5 Å². The molecule has 0 fully saturated rings. The van der Waals surface area contributed by atoms with Crippen LogP contribution >= 0.6 is 11.6 Å². The van der Waals surface area contributed by atoms with Crippen LogP contribution in [0.15, 0.2) is 18.2 Å². The number of likely N-dealkylation sites (N-methyl/N-ethyl adjacent to an activating group) is 1. The number of benzene rings is 1. The lowest BCUT2D eigenvalue weighted by molar-refractivity contribution is -0.385. The summed E-state index contributed by atoms with van der Waals surface area (Å²) in [4.78, 5) is 10.7. The highest BCUT2D eigenvalue weighted by Gasteiger charge is 2.25. The zero-order valence-electron chi connectivity index (χ0n) is 10.9. The van der Waals surface area contributed by atoms with Crippen LogP contribution in [0.1, 0.15) is 38.7 Å². The van der Waals surface area contributed by atoms with E-state index in [-0.39, 0.29) is 22.6 Å². The summed E-state index contributed by atoms with van der Waals surface area (Å²) in [5.74, 6) is 0.114. The third-order valence-corrected chi connectivity index (χ3v) is 3.39. The van der Waals surface area contributed by atoms with Crippen LogP contribution in [0.3, 0.4) is 0 Å². The molecule has 1 N–H and O–H groups in total. The highest BCUT2D eigenvalue weighted by atomic mass is 35.5. The molecule has 0 radical (unpaired) electrons. The van der Waals surface area contributed by atoms with E-state index < -0.39 is 0 Å². The molecule has 0 heterocycles. The van der Waals surface area contributed by atoms with Gasteiger partial charge in [-0.2, -0.15) is 0 Å². The number of halogens is 1. The third kappa shape index (κ3) is 3.43. The number of hydrogen-bond acceptors (Lipinski definition) is 3. The molecular weight excluding hydrogens is 252 g/mol. The first-order valence-corrected chi connectivity index (χ1v) is 6.56. The molecule has 18 heavy (non-hydrogen) atoms. The van der Waals surface area contributed by atoms with Gasteiger partial charge in [0.1, 0.15) is 0 Å². The predicted molar refractivity (Wildman–Crippen MR) is 74.3 cm³/mol. The van der Waals surface area contributed by atoms with Gasteiger partial charge in [0.15, 0.2) is 0 Å². The summed E-state index contributed by atoms with van der Waals surface area (Å²) in [6.45, 7) is 6.96. The standard InChI is InChI=1S/C13H19ClN2O2/c1-4-11(9(3)15-5-2)12-7-6-10(14)8-13(12)16(17)18/h6-9,11,15H,4-5H2,1-3H3. The number of nitrogens with zero attached hydrogens (tertiary/aromatic N) is 1. The normalized spacial score (nSPS) is 14.2. The Morgan fingerprint density at radius 2 is 2.11 bits per heavy atom. The molecule has 0 spiro atoms. The van der Waals surface area contributed by atoms with Crippen molar-refractivity contribution in [2.24, 2.45) is 0 Å². The van der Waals surface area contributed by atoms with Crippen LogP contribution in [-0.2, 0) is 0 Å². The molecule has 1 aromatic rings. The zero-order valence-corrected chi connectivity index (χ0v) is 11.7. The minimum absolute atomic E-state index is 0.110. The average molecular weight is 271 g/mol. The number of nitro benzene ring substituents is 1. The van der Waals surface area contributed by atoms with Crippen LogP contribution in [0.4, 0.5) is 5.69 Å². The van der Waals surface area contributed by atoms with E-state index >= 15 is 0 Å². The predicted octanol–water partition coefficient (Wildman–Crippen LogP) is 3.74. The molecule has 100 valence electrons. The maximum Gasteiger partial charge on any atom is 0.274 e. The van der Waals surface area contributed by atoms with E-state index in [9.17, 15) is 10.1 Å².